The molecule has 0 bridgehead atoms. The largest absolute Gasteiger partial charge is 0.344 e. The predicted octanol–water partition coefficient (Wildman–Crippen LogP) is 6.04. The Labute approximate surface area is 185 Å². The Bertz CT molecular complexity index is 1120. The topological polar surface area (TPSA) is 60.6 Å². The van der Waals surface area contributed by atoms with Crippen LogP contribution in [-0.2, 0) is 0 Å². The molecule has 5 rings (SSSR count). The van der Waals surface area contributed by atoms with Gasteiger partial charge in [0.15, 0.2) is 5.82 Å². The number of nitrogens with zero attached hydrogens (tertiary/aromatic N) is 5. The molecule has 0 radical (unpaired) electrons. The molecule has 0 unspecified atom stereocenters. The highest BCUT2D eigenvalue weighted by atomic mass is 35.5. The Morgan fingerprint density at radius 2 is 1.80 bits per heavy atom. The Kier molecular flexibility index (Phi) is 5.07. The van der Waals surface area contributed by atoms with Gasteiger partial charge in [-0.3, -0.25) is 0 Å². The molecular formula is C22H24Cl2N6. The molecule has 3 heterocycles. The van der Waals surface area contributed by atoms with Gasteiger partial charge in [-0.05, 0) is 44.4 Å². The third kappa shape index (κ3) is 3.32. The number of hydrogen-bond donors (Lipinski definition) is 1. The van der Waals surface area contributed by atoms with Gasteiger partial charge in [0.25, 0.3) is 0 Å². The van der Waals surface area contributed by atoms with Crippen molar-refractivity contribution in [1.82, 2.24) is 24.5 Å². The van der Waals surface area contributed by atoms with Gasteiger partial charge in [-0.25, -0.2) is 14.3 Å². The zero-order valence-corrected chi connectivity index (χ0v) is 18.6. The van der Waals surface area contributed by atoms with Crippen LogP contribution >= 0.6 is 23.2 Å². The summed E-state index contributed by atoms with van der Waals surface area (Å²) in [6.07, 6.45) is 7.71. The van der Waals surface area contributed by atoms with E-state index < -0.39 is 0 Å². The van der Waals surface area contributed by atoms with Crippen molar-refractivity contribution in [2.75, 3.05) is 5.32 Å². The smallest absolute Gasteiger partial charge is 0.158 e. The highest BCUT2D eigenvalue weighted by Gasteiger charge is 2.34. The fraction of sp³-hybridized carbons (Fsp3) is 0.409. The summed E-state index contributed by atoms with van der Waals surface area (Å²) < 4.78 is 4.13. The summed E-state index contributed by atoms with van der Waals surface area (Å²) in [5.74, 6) is 1.84. The molecule has 2 aromatic heterocycles. The maximum atomic E-state index is 6.40. The number of anilines is 1. The van der Waals surface area contributed by atoms with E-state index in [9.17, 15) is 0 Å². The monoisotopic (exact) mass is 442 g/mol. The van der Waals surface area contributed by atoms with E-state index in [0.717, 1.165) is 47.0 Å². The molecule has 30 heavy (non-hydrogen) atoms. The van der Waals surface area contributed by atoms with Gasteiger partial charge >= 0.3 is 0 Å². The number of benzene rings is 1. The number of aromatic nitrogens is 5. The quantitative estimate of drug-likeness (QED) is 0.536. The summed E-state index contributed by atoms with van der Waals surface area (Å²) >= 11 is 12.6. The number of fused-ring (bicyclic) bond motifs is 1. The first-order chi connectivity index (χ1) is 14.5. The molecule has 0 spiro atoms. The van der Waals surface area contributed by atoms with Gasteiger partial charge in [-0.15, -0.1) is 0 Å². The van der Waals surface area contributed by atoms with E-state index in [1.807, 2.05) is 29.8 Å². The van der Waals surface area contributed by atoms with Crippen molar-refractivity contribution >= 4 is 34.6 Å². The predicted molar refractivity (Wildman–Crippen MR) is 120 cm³/mol. The van der Waals surface area contributed by atoms with Gasteiger partial charge < -0.3 is 5.32 Å². The summed E-state index contributed by atoms with van der Waals surface area (Å²) in [5, 5.41) is 14.0. The Morgan fingerprint density at radius 3 is 2.57 bits per heavy atom. The zero-order chi connectivity index (χ0) is 20.8. The van der Waals surface area contributed by atoms with Crippen molar-refractivity contribution in [1.29, 1.82) is 0 Å². The molecule has 6 nitrogen and oxygen atoms in total. The molecule has 1 aliphatic heterocycles. The molecule has 1 aromatic carbocycles. The number of aryl methyl sites for hydroxylation is 1. The summed E-state index contributed by atoms with van der Waals surface area (Å²) in [4.78, 5) is 4.71. The van der Waals surface area contributed by atoms with Crippen LogP contribution in [0.4, 0.5) is 5.82 Å². The SMILES string of the molecule is CC1=C(c2ncnn2C2CCCCC2)[C@@H](c2ccc(Cl)c(Cl)c2)n2nc(C)cc2N1. The van der Waals surface area contributed by atoms with E-state index in [1.54, 1.807) is 6.33 Å². The average Bonchev–Trinajstić information content (AvgIpc) is 3.35. The molecule has 1 atom stereocenters. The van der Waals surface area contributed by atoms with Crippen LogP contribution in [0.3, 0.4) is 0 Å². The zero-order valence-electron chi connectivity index (χ0n) is 17.1. The second-order valence-corrected chi connectivity index (χ2v) is 8.99. The van der Waals surface area contributed by atoms with Crippen LogP contribution in [0.5, 0.6) is 0 Å². The van der Waals surface area contributed by atoms with Crippen LogP contribution in [-0.4, -0.2) is 24.5 Å². The minimum atomic E-state index is -0.170. The van der Waals surface area contributed by atoms with Gasteiger partial charge in [0.1, 0.15) is 18.2 Å². The van der Waals surface area contributed by atoms with Crippen LogP contribution < -0.4 is 5.32 Å². The molecule has 3 aromatic rings. The van der Waals surface area contributed by atoms with E-state index in [-0.39, 0.29) is 6.04 Å². The van der Waals surface area contributed by atoms with E-state index >= 15 is 0 Å². The lowest BCUT2D eigenvalue weighted by Crippen LogP contribution is -2.26. The van der Waals surface area contributed by atoms with Crippen molar-refractivity contribution in [2.45, 2.75) is 58.0 Å². The second-order valence-electron chi connectivity index (χ2n) is 8.18. The summed E-state index contributed by atoms with van der Waals surface area (Å²) in [6.45, 7) is 4.09. The van der Waals surface area contributed by atoms with Gasteiger partial charge in [0.05, 0.1) is 21.8 Å². The van der Waals surface area contributed by atoms with Crippen LogP contribution in [0, 0.1) is 6.92 Å². The summed E-state index contributed by atoms with van der Waals surface area (Å²) in [5.41, 5.74) is 4.07. The van der Waals surface area contributed by atoms with E-state index in [2.05, 4.69) is 28.1 Å². The highest BCUT2D eigenvalue weighted by molar-refractivity contribution is 6.42. The van der Waals surface area contributed by atoms with Gasteiger partial charge in [-0.1, -0.05) is 48.5 Å². The number of halogens is 2. The normalized spacial score (nSPS) is 19.7. The first kappa shape index (κ1) is 19.6. The standard InChI is InChI=1S/C22H24Cl2N6/c1-13-10-19-27-14(2)20(22-25-12-26-29(22)16-6-4-3-5-7-16)21(30(19)28-13)15-8-9-17(23)18(24)11-15/h8-12,16,21,27H,3-7H2,1-2H3/t21-/m1/s1. The molecule has 0 amide bonds. The lowest BCUT2D eigenvalue weighted by atomic mass is 9.93. The first-order valence-electron chi connectivity index (χ1n) is 10.4. The van der Waals surface area contributed by atoms with E-state index in [1.165, 1.54) is 19.3 Å². The van der Waals surface area contributed by atoms with Crippen LogP contribution in [0.2, 0.25) is 10.0 Å². The first-order valence-corrected chi connectivity index (χ1v) is 11.2. The summed E-state index contributed by atoms with van der Waals surface area (Å²) in [7, 11) is 0. The van der Waals surface area contributed by atoms with Crippen LogP contribution in [0.1, 0.15) is 68.2 Å². The van der Waals surface area contributed by atoms with Gasteiger partial charge in [0.2, 0.25) is 0 Å². The average molecular weight is 443 g/mol. The molecular weight excluding hydrogens is 419 g/mol. The van der Waals surface area contributed by atoms with Crippen LogP contribution in [0.25, 0.3) is 5.57 Å². The number of hydrogen-bond acceptors (Lipinski definition) is 4. The van der Waals surface area contributed by atoms with E-state index in [0.29, 0.717) is 16.1 Å². The third-order valence-electron chi connectivity index (χ3n) is 6.09. The molecule has 156 valence electrons. The van der Waals surface area contributed by atoms with Crippen molar-refractivity contribution in [3.63, 3.8) is 0 Å². The second kappa shape index (κ2) is 7.75. The fourth-order valence-electron chi connectivity index (χ4n) is 4.71. The molecule has 8 heteroatoms. The van der Waals surface area contributed by atoms with Crippen molar-refractivity contribution in [2.24, 2.45) is 0 Å². The highest BCUT2D eigenvalue weighted by Crippen LogP contribution is 2.43. The maximum Gasteiger partial charge on any atom is 0.158 e. The fourth-order valence-corrected chi connectivity index (χ4v) is 5.02. The molecule has 1 fully saturated rings. The summed E-state index contributed by atoms with van der Waals surface area (Å²) in [6, 6.07) is 8.05. The minimum absolute atomic E-state index is 0.170. The minimum Gasteiger partial charge on any atom is -0.344 e. The molecule has 1 N–H and O–H groups in total. The Hall–Kier alpha value is -2.31. The lowest BCUT2D eigenvalue weighted by Gasteiger charge is -2.31. The van der Waals surface area contributed by atoms with Crippen molar-refractivity contribution < 1.29 is 0 Å². The molecule has 1 saturated carbocycles. The lowest BCUT2D eigenvalue weighted by molar-refractivity contribution is 0.326. The van der Waals surface area contributed by atoms with Gasteiger partial charge in [-0.2, -0.15) is 10.2 Å². The third-order valence-corrected chi connectivity index (χ3v) is 6.83. The number of nitrogens with one attached hydrogen (secondary N) is 1. The Morgan fingerprint density at radius 1 is 1.00 bits per heavy atom. The Balaban J connectivity index is 1.68. The van der Waals surface area contributed by atoms with Crippen molar-refractivity contribution in [3.8, 4) is 0 Å². The van der Waals surface area contributed by atoms with Gasteiger partial charge in [0, 0.05) is 17.3 Å². The van der Waals surface area contributed by atoms with Crippen molar-refractivity contribution in [3.05, 3.63) is 63.4 Å². The number of rotatable bonds is 3. The van der Waals surface area contributed by atoms with E-state index in [4.69, 9.17) is 33.3 Å². The molecule has 1 aliphatic carbocycles. The number of allylic oxidation sites excluding steroid dienone is 2. The molecule has 0 saturated heterocycles. The molecule has 2 aliphatic rings. The maximum absolute atomic E-state index is 6.40. The van der Waals surface area contributed by atoms with Crippen LogP contribution in [0.15, 0.2) is 36.3 Å².